The second-order valence-electron chi connectivity index (χ2n) is 6.83. The monoisotopic (exact) mass is 372 g/mol. The lowest BCUT2D eigenvalue weighted by molar-refractivity contribution is -0.142. The van der Waals surface area contributed by atoms with Gasteiger partial charge in [0.25, 0.3) is 0 Å². The van der Waals surface area contributed by atoms with Gasteiger partial charge < -0.3 is 15.7 Å². The number of nitrogen functional groups attached to an aromatic ring is 1. The highest BCUT2D eigenvalue weighted by Gasteiger charge is 2.31. The van der Waals surface area contributed by atoms with Gasteiger partial charge in [-0.25, -0.2) is 9.37 Å². The second kappa shape index (κ2) is 7.30. The number of ketones is 1. The van der Waals surface area contributed by atoms with Crippen molar-refractivity contribution in [2.75, 3.05) is 17.2 Å². The van der Waals surface area contributed by atoms with Crippen LogP contribution in [0.25, 0.3) is 11.3 Å². The van der Waals surface area contributed by atoms with Crippen LogP contribution in [0, 0.1) is 11.7 Å². The summed E-state index contributed by atoms with van der Waals surface area (Å²) in [6.45, 7) is 3.62. The van der Waals surface area contributed by atoms with Crippen LogP contribution in [0.2, 0.25) is 0 Å². The van der Waals surface area contributed by atoms with Crippen LogP contribution in [0.15, 0.2) is 24.3 Å². The number of carbonyl (C=O) groups excluding carboxylic acids is 1. The maximum Gasteiger partial charge on any atom is 0.308 e. The number of nitrogens with two attached hydrogens (primary N) is 1. The number of carboxylic acid groups (broad SMARTS) is 1. The summed E-state index contributed by atoms with van der Waals surface area (Å²) in [7, 11) is 0. The Morgan fingerprint density at radius 3 is 2.63 bits per heavy atom. The van der Waals surface area contributed by atoms with E-state index in [2.05, 4.69) is 9.97 Å². The van der Waals surface area contributed by atoms with Crippen molar-refractivity contribution in [3.05, 3.63) is 35.6 Å². The van der Waals surface area contributed by atoms with Gasteiger partial charge in [0.05, 0.1) is 17.2 Å². The third-order valence-corrected chi connectivity index (χ3v) is 4.90. The molecular weight excluding hydrogens is 351 g/mol. The Bertz CT molecular complexity index is 903. The number of piperidine rings is 1. The molecule has 2 aromatic rings. The van der Waals surface area contributed by atoms with Crippen molar-refractivity contribution in [2.24, 2.45) is 5.92 Å². The van der Waals surface area contributed by atoms with Crippen molar-refractivity contribution < 1.29 is 19.1 Å². The molecule has 1 aromatic heterocycles. The Hall–Kier alpha value is -3.03. The van der Waals surface area contributed by atoms with Gasteiger partial charge in [-0.15, -0.1) is 0 Å². The highest BCUT2D eigenvalue weighted by atomic mass is 19.1. The number of halogens is 1. The maximum absolute atomic E-state index is 14.2. The molecule has 7 nitrogen and oxygen atoms in total. The highest BCUT2D eigenvalue weighted by molar-refractivity contribution is 5.94. The van der Waals surface area contributed by atoms with Gasteiger partial charge >= 0.3 is 5.97 Å². The number of carboxylic acids is 1. The van der Waals surface area contributed by atoms with Gasteiger partial charge in [-0.05, 0) is 38.8 Å². The molecule has 2 heterocycles. The maximum atomic E-state index is 14.2. The molecule has 1 aliphatic heterocycles. The Morgan fingerprint density at radius 1 is 1.26 bits per heavy atom. The third-order valence-electron chi connectivity index (χ3n) is 4.90. The predicted octanol–water partition coefficient (Wildman–Crippen LogP) is 2.76. The number of anilines is 2. The van der Waals surface area contributed by atoms with E-state index in [0.29, 0.717) is 30.0 Å². The molecule has 0 amide bonds. The van der Waals surface area contributed by atoms with Crippen LogP contribution in [0.5, 0.6) is 0 Å². The van der Waals surface area contributed by atoms with E-state index in [9.17, 15) is 19.1 Å². The molecule has 142 valence electrons. The van der Waals surface area contributed by atoms with E-state index in [0.717, 1.165) is 6.42 Å². The molecular formula is C19H21FN4O3. The fourth-order valence-electron chi connectivity index (χ4n) is 3.34. The minimum atomic E-state index is -0.837. The molecule has 0 saturated carbocycles. The molecule has 2 atom stereocenters. The van der Waals surface area contributed by atoms with E-state index in [-0.39, 0.29) is 23.3 Å². The molecule has 1 aliphatic rings. The number of aromatic nitrogens is 2. The smallest absolute Gasteiger partial charge is 0.308 e. The van der Waals surface area contributed by atoms with Gasteiger partial charge in [0.15, 0.2) is 5.78 Å². The van der Waals surface area contributed by atoms with E-state index in [4.69, 9.17) is 5.73 Å². The summed E-state index contributed by atoms with van der Waals surface area (Å²) >= 11 is 0. The fraction of sp³-hybridized carbons (Fsp3) is 0.368. The molecule has 3 N–H and O–H groups in total. The van der Waals surface area contributed by atoms with Gasteiger partial charge in [-0.1, -0.05) is 6.07 Å². The standard InChI is InChI=1S/C19H21FN4O3/c1-10-3-4-13(18(26)27)9-24(10)17-8-16(22-19(21)23-17)12-5-6-14(11(2)25)15(20)7-12/h5-8,10,13H,3-4,9H2,1-2H3,(H,26,27)(H2,21,22,23). The largest absolute Gasteiger partial charge is 0.481 e. The Balaban J connectivity index is 1.98. The zero-order valence-electron chi connectivity index (χ0n) is 15.1. The van der Waals surface area contributed by atoms with Crippen molar-refractivity contribution in [3.63, 3.8) is 0 Å². The highest BCUT2D eigenvalue weighted by Crippen LogP contribution is 2.30. The van der Waals surface area contributed by atoms with Crippen LogP contribution in [0.4, 0.5) is 16.2 Å². The Morgan fingerprint density at radius 2 is 2.00 bits per heavy atom. The lowest BCUT2D eigenvalue weighted by Gasteiger charge is -2.37. The van der Waals surface area contributed by atoms with E-state index in [1.165, 1.54) is 19.1 Å². The van der Waals surface area contributed by atoms with E-state index in [1.807, 2.05) is 11.8 Å². The van der Waals surface area contributed by atoms with Crippen molar-refractivity contribution in [2.45, 2.75) is 32.7 Å². The van der Waals surface area contributed by atoms with Crippen LogP contribution in [-0.2, 0) is 4.79 Å². The molecule has 27 heavy (non-hydrogen) atoms. The zero-order valence-corrected chi connectivity index (χ0v) is 15.1. The summed E-state index contributed by atoms with van der Waals surface area (Å²) in [5.74, 6) is -1.78. The number of rotatable bonds is 4. The lowest BCUT2D eigenvalue weighted by Crippen LogP contribution is -2.44. The van der Waals surface area contributed by atoms with Crippen molar-refractivity contribution in [3.8, 4) is 11.3 Å². The minimum absolute atomic E-state index is 0.00922. The average molecular weight is 372 g/mol. The number of Topliss-reactive ketones (excluding diaryl/α,β-unsaturated/α-hetero) is 1. The van der Waals surface area contributed by atoms with Crippen LogP contribution in [0.3, 0.4) is 0 Å². The van der Waals surface area contributed by atoms with Crippen LogP contribution in [-0.4, -0.2) is 39.4 Å². The van der Waals surface area contributed by atoms with E-state index >= 15 is 0 Å². The predicted molar refractivity (Wildman–Crippen MR) is 99.0 cm³/mol. The summed E-state index contributed by atoms with van der Waals surface area (Å²) in [6.07, 6.45) is 1.33. The Kier molecular flexibility index (Phi) is 5.07. The van der Waals surface area contributed by atoms with Crippen LogP contribution < -0.4 is 10.6 Å². The molecule has 1 fully saturated rings. The van der Waals surface area contributed by atoms with Crippen LogP contribution >= 0.6 is 0 Å². The number of carbonyl (C=O) groups is 2. The van der Waals surface area contributed by atoms with Gasteiger partial charge in [0.2, 0.25) is 5.95 Å². The first-order chi connectivity index (χ1) is 12.8. The van der Waals surface area contributed by atoms with Gasteiger partial charge in [0.1, 0.15) is 11.6 Å². The van der Waals surface area contributed by atoms with Crippen molar-refractivity contribution in [1.82, 2.24) is 9.97 Å². The topological polar surface area (TPSA) is 109 Å². The first-order valence-electron chi connectivity index (χ1n) is 8.71. The molecule has 0 bridgehead atoms. The number of hydrogen-bond acceptors (Lipinski definition) is 6. The summed E-state index contributed by atoms with van der Waals surface area (Å²) in [5, 5.41) is 9.32. The molecule has 0 spiro atoms. The molecule has 0 aliphatic carbocycles. The molecule has 3 rings (SSSR count). The zero-order chi connectivity index (χ0) is 19.7. The molecule has 0 radical (unpaired) electrons. The number of hydrogen-bond donors (Lipinski definition) is 2. The van der Waals surface area contributed by atoms with E-state index in [1.54, 1.807) is 12.1 Å². The molecule has 2 unspecified atom stereocenters. The van der Waals surface area contributed by atoms with E-state index < -0.39 is 17.7 Å². The first-order valence-corrected chi connectivity index (χ1v) is 8.71. The molecule has 1 aromatic carbocycles. The average Bonchev–Trinajstić information content (AvgIpc) is 2.60. The summed E-state index contributed by atoms with van der Waals surface area (Å²) in [4.78, 5) is 33.1. The minimum Gasteiger partial charge on any atom is -0.481 e. The molecule has 8 heteroatoms. The number of nitrogens with zero attached hydrogens (tertiary/aromatic N) is 3. The Labute approximate surface area is 156 Å². The summed E-state index contributed by atoms with van der Waals surface area (Å²) in [5.41, 5.74) is 6.73. The normalized spacial score (nSPS) is 19.7. The number of benzene rings is 1. The van der Waals surface area contributed by atoms with Crippen molar-refractivity contribution in [1.29, 1.82) is 0 Å². The molecule has 1 saturated heterocycles. The van der Waals surface area contributed by atoms with Crippen molar-refractivity contribution >= 4 is 23.5 Å². The quantitative estimate of drug-likeness (QED) is 0.794. The SMILES string of the molecule is CC(=O)c1ccc(-c2cc(N3CC(C(=O)O)CCC3C)nc(N)n2)cc1F. The second-order valence-corrected chi connectivity index (χ2v) is 6.83. The van der Waals surface area contributed by atoms with Gasteiger partial charge in [0, 0.05) is 24.2 Å². The lowest BCUT2D eigenvalue weighted by atomic mass is 9.93. The van der Waals surface area contributed by atoms with Crippen LogP contribution in [0.1, 0.15) is 37.0 Å². The van der Waals surface area contributed by atoms with Gasteiger partial charge in [-0.2, -0.15) is 4.98 Å². The first kappa shape index (κ1) is 18.8. The summed E-state index contributed by atoms with van der Waals surface area (Å²) in [6, 6.07) is 6.01. The third kappa shape index (κ3) is 3.89. The summed E-state index contributed by atoms with van der Waals surface area (Å²) < 4.78 is 14.2. The number of aliphatic carboxylic acids is 1. The fourth-order valence-corrected chi connectivity index (χ4v) is 3.34. The van der Waals surface area contributed by atoms with Gasteiger partial charge in [-0.3, -0.25) is 9.59 Å².